The third-order valence-corrected chi connectivity index (χ3v) is 19.6. The number of carbonyl (C=O) groups excluding carboxylic acids is 4. The fourth-order valence-electron chi connectivity index (χ4n) is 16.5. The lowest BCUT2D eigenvalue weighted by molar-refractivity contribution is -0.165. The largest absolute Gasteiger partial charge is 0.465 e. The van der Waals surface area contributed by atoms with Gasteiger partial charge in [-0.2, -0.15) is 29.4 Å². The number of fused-ring (bicyclic) bond motifs is 3. The van der Waals surface area contributed by atoms with E-state index in [4.69, 9.17) is 9.47 Å². The molecule has 0 aliphatic heterocycles. The molecule has 0 radical (unpaired) electrons. The van der Waals surface area contributed by atoms with Crippen LogP contribution in [0.2, 0.25) is 0 Å². The molecule has 1 fully saturated rings. The first-order valence-electron chi connectivity index (χ1n) is 29.5. The molecule has 4 aliphatic carbocycles. The average molecular weight is 1120 g/mol. The Kier molecular flexibility index (Phi) is 13.8. The van der Waals surface area contributed by atoms with Crippen molar-refractivity contribution in [3.63, 3.8) is 0 Å². The van der Waals surface area contributed by atoms with Crippen LogP contribution < -0.4 is 10.6 Å². The molecule has 83 heavy (non-hydrogen) atoms. The average Bonchev–Trinajstić information content (AvgIpc) is 1.47. The van der Waals surface area contributed by atoms with Crippen LogP contribution in [0.15, 0.2) is 67.5 Å². The number of amides is 2. The zero-order valence-corrected chi connectivity index (χ0v) is 46.1. The van der Waals surface area contributed by atoms with E-state index < -0.39 is 40.3 Å². The molecule has 0 spiro atoms. The highest BCUT2D eigenvalue weighted by atomic mass is 16.6. The second-order valence-corrected chi connectivity index (χ2v) is 24.1. The van der Waals surface area contributed by atoms with Crippen LogP contribution in [0.25, 0.3) is 86.2 Å². The number of ether oxygens (including phenoxy) is 2. The lowest BCUT2D eigenvalue weighted by Gasteiger charge is -2.35. The van der Waals surface area contributed by atoms with Crippen LogP contribution >= 0.6 is 0 Å². The van der Waals surface area contributed by atoms with Gasteiger partial charge in [0, 0.05) is 35.8 Å². The maximum absolute atomic E-state index is 15.5. The molecule has 4 aliphatic rings. The Morgan fingerprint density at radius 3 is 1.04 bits per heavy atom. The Labute approximate surface area is 474 Å². The molecule has 2 N–H and O–H groups in total. The number of nitrogens with one attached hydrogen (secondary N) is 2. The van der Waals surface area contributed by atoms with Crippen molar-refractivity contribution in [2.24, 2.45) is 36.5 Å². The standard InChI is InChI=1S/C63H62N8O12/c72-41(70-61(13-3-19-64-76,14-4-20-65-77)15-5-21-66-78)9-1-25-82-59(74)63(60(75)83-26-2-10-42(73)71-62(16-6-22-67-79,17-7-23-68-80)18-8-24-69-81)57-39-31-37-29-35-27-33-11-12-34-28-36-30-38-32-40(58(57)63)50-49(39)53-47(37)45(35)51-43(33)44(34)52-46(36)48(38)54(50)56(53)55(51)52/h11-12,27-28,31-32,57-58H,1-10,13-26,29-30H2,(H,70,72)(H,71,73). The molecule has 9 aromatic rings. The van der Waals surface area contributed by atoms with Gasteiger partial charge in [-0.25, -0.2) is 0 Å². The van der Waals surface area contributed by atoms with Gasteiger partial charge < -0.3 is 20.1 Å². The van der Waals surface area contributed by atoms with E-state index in [-0.39, 0.29) is 90.0 Å². The monoisotopic (exact) mass is 1120 g/mol. The van der Waals surface area contributed by atoms with Gasteiger partial charge in [-0.1, -0.05) is 67.5 Å². The molecule has 0 saturated heterocycles. The van der Waals surface area contributed by atoms with Crippen LogP contribution in [-0.4, -0.2) is 87.3 Å². The minimum Gasteiger partial charge on any atom is -0.465 e. The van der Waals surface area contributed by atoms with E-state index >= 15 is 9.59 Å². The summed E-state index contributed by atoms with van der Waals surface area (Å²) in [5, 5.41) is 44.2. The minimum atomic E-state index is -1.82. The van der Waals surface area contributed by atoms with Crippen molar-refractivity contribution in [3.8, 4) is 0 Å². The van der Waals surface area contributed by atoms with E-state index in [1.54, 1.807) is 0 Å². The van der Waals surface area contributed by atoms with Gasteiger partial charge in [-0.15, -0.1) is 0 Å². The Morgan fingerprint density at radius 1 is 0.410 bits per heavy atom. The molecular weight excluding hydrogens is 1060 g/mol. The maximum Gasteiger partial charge on any atom is 0.324 e. The van der Waals surface area contributed by atoms with Crippen molar-refractivity contribution in [1.29, 1.82) is 0 Å². The molecule has 9 aromatic carbocycles. The fourth-order valence-corrected chi connectivity index (χ4v) is 16.5. The predicted octanol–water partition coefficient (Wildman–Crippen LogP) is 12.7. The Balaban J connectivity index is 0.821. The van der Waals surface area contributed by atoms with Gasteiger partial charge in [0.15, 0.2) is 5.41 Å². The summed E-state index contributed by atoms with van der Waals surface area (Å²) in [6, 6.07) is 13.7. The number of hydrogen-bond acceptors (Lipinski definition) is 18. The van der Waals surface area contributed by atoms with Crippen LogP contribution in [0, 0.1) is 34.9 Å². The van der Waals surface area contributed by atoms with Crippen LogP contribution in [0.3, 0.4) is 0 Å². The Morgan fingerprint density at radius 2 is 0.711 bits per heavy atom. The van der Waals surface area contributed by atoms with Gasteiger partial charge in [-0.05, 0) is 222 Å². The van der Waals surface area contributed by atoms with Crippen molar-refractivity contribution >= 4 is 110 Å². The number of rotatable bonds is 36. The number of nitrogens with zero attached hydrogens (tertiary/aromatic N) is 6. The predicted molar refractivity (Wildman–Crippen MR) is 317 cm³/mol. The van der Waals surface area contributed by atoms with Crippen molar-refractivity contribution in [1.82, 2.24) is 10.6 Å². The van der Waals surface area contributed by atoms with Gasteiger partial charge in [0.25, 0.3) is 0 Å². The SMILES string of the molecule is O=NCCCC(CCCN=O)(CCCN=O)NC(=O)CCCOC(=O)C1(C(=O)OCCCC(=O)NC(CCCN=O)(CCCN=O)CCCN=O)C2c3cc4c5c6c(cc7ccc8cc9c%10c%11c(cc(c%12c3c5c(c%12%11)c3c6c7c8c%103)C21)C9)C4. The normalized spacial score (nSPS) is 16.4. The summed E-state index contributed by atoms with van der Waals surface area (Å²) in [5.41, 5.74) is 3.13. The second kappa shape index (κ2) is 21.2. The summed E-state index contributed by atoms with van der Waals surface area (Å²) in [7, 11) is 0. The molecule has 20 heteroatoms. The number of esters is 2. The molecular formula is C63H62N8O12. The zero-order valence-electron chi connectivity index (χ0n) is 46.1. The van der Waals surface area contributed by atoms with E-state index in [9.17, 15) is 39.0 Å². The third-order valence-electron chi connectivity index (χ3n) is 19.6. The van der Waals surface area contributed by atoms with Gasteiger partial charge >= 0.3 is 11.9 Å². The first-order valence-corrected chi connectivity index (χ1v) is 29.5. The smallest absolute Gasteiger partial charge is 0.324 e. The molecule has 2 amide bonds. The molecule has 426 valence electrons. The summed E-state index contributed by atoms with van der Waals surface area (Å²) < 4.78 is 12.5. The van der Waals surface area contributed by atoms with E-state index in [0.29, 0.717) is 89.9 Å². The molecule has 2 unspecified atom stereocenters. The second-order valence-electron chi connectivity index (χ2n) is 24.1. The lowest BCUT2D eigenvalue weighted by Crippen LogP contribution is -2.49. The van der Waals surface area contributed by atoms with Crippen molar-refractivity contribution < 1.29 is 28.7 Å². The van der Waals surface area contributed by atoms with Crippen molar-refractivity contribution in [2.45, 2.75) is 138 Å². The van der Waals surface area contributed by atoms with Crippen LogP contribution in [-0.2, 0) is 41.5 Å². The van der Waals surface area contributed by atoms with Crippen LogP contribution in [0.5, 0.6) is 0 Å². The molecule has 1 saturated carbocycles. The van der Waals surface area contributed by atoms with Crippen LogP contribution in [0.4, 0.5) is 0 Å². The lowest BCUT2D eigenvalue weighted by atomic mass is 9.83. The van der Waals surface area contributed by atoms with Gasteiger partial charge in [0.1, 0.15) is 0 Å². The molecule has 20 nitrogen and oxygen atoms in total. The Hall–Kier alpha value is -8.16. The number of benzene rings is 7. The summed E-state index contributed by atoms with van der Waals surface area (Å²) in [6.07, 6.45) is 5.88. The zero-order chi connectivity index (χ0) is 57.4. The maximum atomic E-state index is 15.5. The highest BCUT2D eigenvalue weighted by molar-refractivity contribution is 6.58. The topological polar surface area (TPSA) is 287 Å². The van der Waals surface area contributed by atoms with E-state index in [2.05, 4.69) is 78.1 Å². The van der Waals surface area contributed by atoms with E-state index in [1.165, 1.54) is 86.5 Å². The van der Waals surface area contributed by atoms with Gasteiger partial charge in [0.2, 0.25) is 11.8 Å². The quantitative estimate of drug-likeness (QED) is 0.0122. The fraction of sp³-hybridized carbons (Fsp3) is 0.492. The summed E-state index contributed by atoms with van der Waals surface area (Å²) >= 11 is 0. The summed E-state index contributed by atoms with van der Waals surface area (Å²) in [6.45, 7) is -0.285. The van der Waals surface area contributed by atoms with E-state index in [0.717, 1.165) is 33.0 Å². The first kappa shape index (κ1) is 54.1. The van der Waals surface area contributed by atoms with Gasteiger partial charge in [0.05, 0.1) is 52.5 Å². The van der Waals surface area contributed by atoms with E-state index in [1.807, 2.05) is 0 Å². The number of carbonyl (C=O) groups is 4. The summed E-state index contributed by atoms with van der Waals surface area (Å²) in [4.78, 5) is 125. The Bertz CT molecular complexity index is 3790. The van der Waals surface area contributed by atoms with Crippen molar-refractivity contribution in [2.75, 3.05) is 52.5 Å². The van der Waals surface area contributed by atoms with Crippen LogP contribution in [0.1, 0.15) is 148 Å². The third kappa shape index (κ3) is 8.26. The highest BCUT2D eigenvalue weighted by Gasteiger charge is 2.79. The molecule has 0 bridgehead atoms. The minimum absolute atomic E-state index is 0.0206. The van der Waals surface area contributed by atoms with Gasteiger partial charge in [-0.3, -0.25) is 19.2 Å². The molecule has 0 aromatic heterocycles. The number of hydrogen-bond donors (Lipinski definition) is 2. The highest BCUT2D eigenvalue weighted by Crippen LogP contribution is 2.77. The number of nitroso groups, excluding NO2 is 6. The molecule has 13 rings (SSSR count). The van der Waals surface area contributed by atoms with Crippen molar-refractivity contribution in [3.05, 3.63) is 99.2 Å². The molecule has 0 heterocycles. The first-order chi connectivity index (χ1) is 40.5. The molecule has 2 atom stereocenters. The summed E-state index contributed by atoms with van der Waals surface area (Å²) in [5.74, 6) is -3.54.